The summed E-state index contributed by atoms with van der Waals surface area (Å²) in [4.78, 5) is 39.4. The molecule has 7 heteroatoms. The van der Waals surface area contributed by atoms with Crippen molar-refractivity contribution in [3.63, 3.8) is 0 Å². The molecule has 3 aromatic rings. The van der Waals surface area contributed by atoms with E-state index in [4.69, 9.17) is 14.2 Å². The van der Waals surface area contributed by atoms with Crippen LogP contribution in [0.2, 0.25) is 0 Å². The van der Waals surface area contributed by atoms with E-state index in [0.717, 1.165) is 11.1 Å². The number of carbonyl (C=O) groups is 3. The predicted molar refractivity (Wildman–Crippen MR) is 140 cm³/mol. The monoisotopic (exact) mass is 497 g/mol. The van der Waals surface area contributed by atoms with Crippen LogP contribution in [0.15, 0.2) is 95.5 Å². The van der Waals surface area contributed by atoms with E-state index in [1.165, 1.54) is 14.2 Å². The van der Waals surface area contributed by atoms with Crippen molar-refractivity contribution in [2.75, 3.05) is 26.6 Å². The molecule has 0 fully saturated rings. The van der Waals surface area contributed by atoms with Crippen LogP contribution in [0.3, 0.4) is 0 Å². The number of Topliss-reactive ketones (excluding diaryl/α,β-unsaturated/α-hetero) is 2. The smallest absolute Gasteiger partial charge is 0.256 e. The van der Waals surface area contributed by atoms with Gasteiger partial charge in [0.25, 0.3) is 5.91 Å². The number of benzene rings is 3. The average molecular weight is 498 g/mol. The van der Waals surface area contributed by atoms with Crippen molar-refractivity contribution in [3.8, 4) is 16.9 Å². The molecule has 1 aliphatic carbocycles. The largest absolute Gasteiger partial charge is 0.497 e. The van der Waals surface area contributed by atoms with Crippen LogP contribution in [0.4, 0.5) is 5.69 Å². The highest BCUT2D eigenvalue weighted by molar-refractivity contribution is 6.23. The van der Waals surface area contributed by atoms with Crippen LogP contribution in [-0.4, -0.2) is 38.8 Å². The fourth-order valence-electron chi connectivity index (χ4n) is 4.24. The van der Waals surface area contributed by atoms with E-state index in [0.29, 0.717) is 33.7 Å². The Morgan fingerprint density at radius 3 is 2.05 bits per heavy atom. The van der Waals surface area contributed by atoms with Crippen molar-refractivity contribution in [2.24, 2.45) is 0 Å². The van der Waals surface area contributed by atoms with Gasteiger partial charge in [-0.15, -0.1) is 0 Å². The molecule has 0 saturated heterocycles. The molecular formula is C30H27NO6. The fourth-order valence-corrected chi connectivity index (χ4v) is 4.24. The van der Waals surface area contributed by atoms with Crippen LogP contribution in [0.5, 0.6) is 5.75 Å². The molecule has 0 radical (unpaired) electrons. The minimum absolute atomic E-state index is 0.104. The highest BCUT2D eigenvalue weighted by Crippen LogP contribution is 2.31. The first kappa shape index (κ1) is 25.4. The molecular weight excluding hydrogens is 470 g/mol. The Kier molecular flexibility index (Phi) is 7.53. The van der Waals surface area contributed by atoms with Gasteiger partial charge in [-0.3, -0.25) is 14.4 Å². The normalized spacial score (nSPS) is 13.5. The van der Waals surface area contributed by atoms with Gasteiger partial charge in [-0.2, -0.15) is 0 Å². The van der Waals surface area contributed by atoms with Crippen molar-refractivity contribution in [3.05, 3.63) is 107 Å². The second-order valence-electron chi connectivity index (χ2n) is 8.43. The summed E-state index contributed by atoms with van der Waals surface area (Å²) in [6.45, 7) is 1.59. The molecule has 0 bridgehead atoms. The van der Waals surface area contributed by atoms with Crippen LogP contribution in [0.25, 0.3) is 11.1 Å². The third-order valence-corrected chi connectivity index (χ3v) is 6.24. The molecule has 0 heterocycles. The van der Waals surface area contributed by atoms with Gasteiger partial charge < -0.3 is 19.5 Å². The Hall–Kier alpha value is -4.65. The summed E-state index contributed by atoms with van der Waals surface area (Å²) in [5.41, 5.74) is 3.96. The first-order valence-corrected chi connectivity index (χ1v) is 11.6. The molecule has 0 spiro atoms. The van der Waals surface area contributed by atoms with E-state index in [1.807, 2.05) is 42.5 Å². The molecule has 3 aromatic carbocycles. The quantitative estimate of drug-likeness (QED) is 0.434. The number of hydrogen-bond acceptors (Lipinski definition) is 6. The van der Waals surface area contributed by atoms with Crippen molar-refractivity contribution >= 4 is 23.2 Å². The van der Waals surface area contributed by atoms with Crippen LogP contribution < -0.4 is 10.1 Å². The molecule has 0 aliphatic heterocycles. The maximum absolute atomic E-state index is 13.4. The highest BCUT2D eigenvalue weighted by Gasteiger charge is 2.34. The molecule has 0 aromatic heterocycles. The second-order valence-corrected chi connectivity index (χ2v) is 8.43. The molecule has 1 aliphatic rings. The van der Waals surface area contributed by atoms with Gasteiger partial charge in [-0.25, -0.2) is 0 Å². The number of amides is 1. The number of allylic oxidation sites excluding steroid dienone is 2. The lowest BCUT2D eigenvalue weighted by atomic mass is 9.87. The zero-order valence-corrected chi connectivity index (χ0v) is 21.1. The Labute approximate surface area is 215 Å². The maximum Gasteiger partial charge on any atom is 0.256 e. The van der Waals surface area contributed by atoms with E-state index in [9.17, 15) is 14.4 Å². The predicted octanol–water partition coefficient (Wildman–Crippen LogP) is 5.13. The molecule has 1 amide bonds. The molecule has 0 saturated carbocycles. The van der Waals surface area contributed by atoms with Crippen molar-refractivity contribution in [1.82, 2.24) is 0 Å². The van der Waals surface area contributed by atoms with E-state index in [2.05, 4.69) is 5.32 Å². The molecule has 1 N–H and O–H groups in total. The molecule has 0 unspecified atom stereocenters. The first-order chi connectivity index (χ1) is 17.9. The van der Waals surface area contributed by atoms with Crippen LogP contribution in [0.1, 0.15) is 22.8 Å². The van der Waals surface area contributed by atoms with Gasteiger partial charge in [0.1, 0.15) is 5.75 Å². The summed E-state index contributed by atoms with van der Waals surface area (Å²) >= 11 is 0. The zero-order valence-electron chi connectivity index (χ0n) is 21.1. The number of ketones is 2. The Morgan fingerprint density at radius 1 is 0.784 bits per heavy atom. The lowest BCUT2D eigenvalue weighted by Gasteiger charge is -2.21. The van der Waals surface area contributed by atoms with E-state index in [-0.39, 0.29) is 23.8 Å². The fraction of sp³-hybridized carbons (Fsp3) is 0.167. The first-order valence-electron chi connectivity index (χ1n) is 11.6. The van der Waals surface area contributed by atoms with Crippen LogP contribution >= 0.6 is 0 Å². The van der Waals surface area contributed by atoms with E-state index < -0.39 is 11.6 Å². The number of ether oxygens (including phenoxy) is 3. The number of carbonyl (C=O) groups excluding carboxylic acids is 3. The highest BCUT2D eigenvalue weighted by atomic mass is 16.5. The number of methoxy groups -OCH3 is 3. The van der Waals surface area contributed by atoms with Gasteiger partial charge in [0.2, 0.25) is 23.1 Å². The van der Waals surface area contributed by atoms with Gasteiger partial charge in [0.05, 0.1) is 21.3 Å². The summed E-state index contributed by atoms with van der Waals surface area (Å²) in [5.74, 6) is -0.650. The lowest BCUT2D eigenvalue weighted by Crippen LogP contribution is -2.26. The summed E-state index contributed by atoms with van der Waals surface area (Å²) < 4.78 is 15.5. The van der Waals surface area contributed by atoms with Gasteiger partial charge in [-0.05, 0) is 53.9 Å². The summed E-state index contributed by atoms with van der Waals surface area (Å²) in [5, 5.41) is 2.93. The summed E-state index contributed by atoms with van der Waals surface area (Å²) in [6, 6.07) is 22.1. The standard InChI is InChI=1S/C30H27NO6/c1-18-24(27(33)29(37-4)28(36-3)26(18)32)16-19-10-15-23(20-8-6-5-7-9-20)25(17-19)30(34)31-21-11-13-22(35-2)14-12-21/h5-15,17H,16H2,1-4H3,(H,31,34). The minimum atomic E-state index is -0.409. The zero-order chi connectivity index (χ0) is 26.5. The van der Waals surface area contributed by atoms with Gasteiger partial charge in [0.15, 0.2) is 0 Å². The second kappa shape index (κ2) is 11.0. The topological polar surface area (TPSA) is 90.9 Å². The molecule has 37 heavy (non-hydrogen) atoms. The third kappa shape index (κ3) is 5.16. The SMILES string of the molecule is COC1=C(OC)C(=O)C(Cc2ccc(-c3ccccc3)c(C(=O)Nc3ccc(OC)cc3)c2)=C(C)C1=O. The lowest BCUT2D eigenvalue weighted by molar-refractivity contribution is -0.121. The van der Waals surface area contributed by atoms with Gasteiger partial charge in [-0.1, -0.05) is 42.5 Å². The molecule has 188 valence electrons. The van der Waals surface area contributed by atoms with Crippen LogP contribution in [-0.2, 0) is 25.5 Å². The van der Waals surface area contributed by atoms with E-state index >= 15 is 0 Å². The molecule has 4 rings (SSSR count). The Balaban J connectivity index is 1.72. The number of nitrogens with one attached hydrogen (secondary N) is 1. The number of anilines is 1. The number of rotatable bonds is 8. The molecule has 7 nitrogen and oxygen atoms in total. The maximum atomic E-state index is 13.4. The van der Waals surface area contributed by atoms with Crippen molar-refractivity contribution < 1.29 is 28.6 Å². The summed E-state index contributed by atoms with van der Waals surface area (Å²) in [7, 11) is 4.23. The third-order valence-electron chi connectivity index (χ3n) is 6.24. The van der Waals surface area contributed by atoms with Gasteiger partial charge >= 0.3 is 0 Å². The minimum Gasteiger partial charge on any atom is -0.497 e. The van der Waals surface area contributed by atoms with Crippen LogP contribution in [0, 0.1) is 0 Å². The molecule has 0 atom stereocenters. The Morgan fingerprint density at radius 2 is 1.43 bits per heavy atom. The summed E-state index contributed by atoms with van der Waals surface area (Å²) in [6.07, 6.45) is 0.151. The van der Waals surface area contributed by atoms with Crippen molar-refractivity contribution in [1.29, 1.82) is 0 Å². The van der Waals surface area contributed by atoms with Crippen molar-refractivity contribution in [2.45, 2.75) is 13.3 Å². The average Bonchev–Trinajstić information content (AvgIpc) is 2.93. The Bertz CT molecular complexity index is 1420. The number of hydrogen-bond donors (Lipinski definition) is 1. The van der Waals surface area contributed by atoms with Gasteiger partial charge in [0, 0.05) is 28.8 Å². The van der Waals surface area contributed by atoms with E-state index in [1.54, 1.807) is 44.4 Å².